The molecule has 1 heterocycles. The van der Waals surface area contributed by atoms with Crippen molar-refractivity contribution in [3.05, 3.63) is 76.5 Å². The van der Waals surface area contributed by atoms with E-state index in [1.54, 1.807) is 0 Å². The molecule has 4 aromatic rings. The van der Waals surface area contributed by atoms with E-state index in [9.17, 15) is 0 Å². The van der Waals surface area contributed by atoms with Crippen LogP contribution in [0.5, 0.6) is 0 Å². The molecule has 0 atom stereocenters. The lowest BCUT2D eigenvalue weighted by atomic mass is 10.0. The van der Waals surface area contributed by atoms with Crippen molar-refractivity contribution in [1.29, 1.82) is 0 Å². The summed E-state index contributed by atoms with van der Waals surface area (Å²) < 4.78 is 1.06. The number of H-pyrrole nitrogens is 1. The molecule has 0 aliphatic rings. The van der Waals surface area contributed by atoms with Gasteiger partial charge in [-0.3, -0.25) is 0 Å². The average molecular weight is 396 g/mol. The quantitative estimate of drug-likeness (QED) is 0.446. The third-order valence-corrected chi connectivity index (χ3v) is 4.53. The zero-order valence-corrected chi connectivity index (χ0v) is 13.9. The molecule has 106 valence electrons. The van der Waals surface area contributed by atoms with Gasteiger partial charge in [-0.1, -0.05) is 72.8 Å². The van der Waals surface area contributed by atoms with Gasteiger partial charge in [0, 0.05) is 11.1 Å². The van der Waals surface area contributed by atoms with Crippen molar-refractivity contribution in [3.8, 4) is 22.6 Å². The van der Waals surface area contributed by atoms with E-state index in [0.29, 0.717) is 0 Å². The summed E-state index contributed by atoms with van der Waals surface area (Å²) in [5.41, 5.74) is 3.28. The van der Waals surface area contributed by atoms with Gasteiger partial charge < -0.3 is 4.98 Å². The minimum atomic E-state index is 0.910. The second-order valence-corrected chi connectivity index (χ2v) is 6.22. The maximum atomic E-state index is 4.84. The third-order valence-electron chi connectivity index (χ3n) is 3.75. The molecule has 0 bridgehead atoms. The molecule has 0 aliphatic carbocycles. The summed E-state index contributed by atoms with van der Waals surface area (Å²) in [6.07, 6.45) is 0. The van der Waals surface area contributed by atoms with Crippen LogP contribution in [0.15, 0.2) is 72.8 Å². The maximum Gasteiger partial charge on any atom is 0.138 e. The molecule has 1 N–H and O–H groups in total. The average Bonchev–Trinajstić information content (AvgIpc) is 2.97. The largest absolute Gasteiger partial charge is 0.333 e. The topological polar surface area (TPSA) is 28.7 Å². The number of rotatable bonds is 2. The van der Waals surface area contributed by atoms with Crippen molar-refractivity contribution in [2.45, 2.75) is 0 Å². The fourth-order valence-electron chi connectivity index (χ4n) is 2.70. The first-order valence-electron chi connectivity index (χ1n) is 7.12. The third kappa shape index (κ3) is 2.31. The van der Waals surface area contributed by atoms with Crippen molar-refractivity contribution in [2.75, 3.05) is 0 Å². The van der Waals surface area contributed by atoms with Crippen LogP contribution in [0.2, 0.25) is 0 Å². The van der Waals surface area contributed by atoms with Gasteiger partial charge in [-0.2, -0.15) is 0 Å². The van der Waals surface area contributed by atoms with Crippen LogP contribution in [0.4, 0.5) is 0 Å². The molecule has 4 rings (SSSR count). The number of aromatic nitrogens is 2. The Bertz CT molecular complexity index is 937. The number of fused-ring (bicyclic) bond motifs is 1. The summed E-state index contributed by atoms with van der Waals surface area (Å²) in [4.78, 5) is 8.24. The summed E-state index contributed by atoms with van der Waals surface area (Å²) in [6.45, 7) is 0. The van der Waals surface area contributed by atoms with E-state index in [1.165, 1.54) is 16.3 Å². The first kappa shape index (κ1) is 13.5. The second kappa shape index (κ2) is 5.57. The Kier molecular flexibility index (Phi) is 3.42. The van der Waals surface area contributed by atoms with Crippen molar-refractivity contribution < 1.29 is 0 Å². The Hall–Kier alpha value is -2.14. The van der Waals surface area contributed by atoms with Crippen LogP contribution in [0, 0.1) is 3.70 Å². The second-order valence-electron chi connectivity index (χ2n) is 5.14. The minimum absolute atomic E-state index is 0.910. The van der Waals surface area contributed by atoms with Gasteiger partial charge >= 0.3 is 0 Å². The van der Waals surface area contributed by atoms with Gasteiger partial charge in [0.1, 0.15) is 15.2 Å². The molecule has 1 aromatic heterocycles. The van der Waals surface area contributed by atoms with E-state index in [2.05, 4.69) is 82.2 Å². The summed E-state index contributed by atoms with van der Waals surface area (Å²) >= 11 is 2.33. The lowest BCUT2D eigenvalue weighted by Gasteiger charge is -2.04. The fourth-order valence-corrected chi connectivity index (χ4v) is 3.36. The van der Waals surface area contributed by atoms with Gasteiger partial charge in [0.2, 0.25) is 0 Å². The molecule has 0 aliphatic heterocycles. The van der Waals surface area contributed by atoms with Crippen LogP contribution in [0.3, 0.4) is 0 Å². The Morgan fingerprint density at radius 3 is 2.36 bits per heavy atom. The SMILES string of the molecule is Ic1[nH]c(-c2ccccc2)nc1-c1cccc2ccccc12. The summed E-state index contributed by atoms with van der Waals surface area (Å²) in [6, 6.07) is 25.0. The highest BCUT2D eigenvalue weighted by Gasteiger charge is 2.13. The maximum absolute atomic E-state index is 4.84. The number of benzene rings is 3. The molecule has 3 aromatic carbocycles. The number of hydrogen-bond acceptors (Lipinski definition) is 1. The van der Waals surface area contributed by atoms with Gasteiger partial charge in [-0.15, -0.1) is 0 Å². The Morgan fingerprint density at radius 2 is 1.50 bits per heavy atom. The molecular formula is C19H13IN2. The molecular weight excluding hydrogens is 383 g/mol. The minimum Gasteiger partial charge on any atom is -0.333 e. The number of hydrogen-bond donors (Lipinski definition) is 1. The van der Waals surface area contributed by atoms with Crippen molar-refractivity contribution >= 4 is 33.4 Å². The number of imidazole rings is 1. The number of nitrogens with zero attached hydrogens (tertiary/aromatic N) is 1. The number of aromatic amines is 1. The smallest absolute Gasteiger partial charge is 0.138 e. The molecule has 0 unspecified atom stereocenters. The van der Waals surface area contributed by atoms with Gasteiger partial charge in [0.25, 0.3) is 0 Å². The van der Waals surface area contributed by atoms with Gasteiger partial charge in [0.15, 0.2) is 0 Å². The van der Waals surface area contributed by atoms with Crippen LogP contribution < -0.4 is 0 Å². The van der Waals surface area contributed by atoms with Crippen molar-refractivity contribution in [2.24, 2.45) is 0 Å². The molecule has 22 heavy (non-hydrogen) atoms. The predicted molar refractivity (Wildman–Crippen MR) is 99.7 cm³/mol. The lowest BCUT2D eigenvalue weighted by Crippen LogP contribution is -1.84. The molecule has 0 radical (unpaired) electrons. The highest BCUT2D eigenvalue weighted by Crippen LogP contribution is 2.32. The molecule has 0 saturated heterocycles. The monoisotopic (exact) mass is 396 g/mol. The standard InChI is InChI=1S/C19H13IN2/c20-18-17(21-19(22-18)14-8-2-1-3-9-14)16-12-6-10-13-7-4-5-11-15(13)16/h1-12H,(H,21,22). The molecule has 0 saturated carbocycles. The van der Waals surface area contributed by atoms with E-state index in [-0.39, 0.29) is 0 Å². The molecule has 0 amide bonds. The summed E-state index contributed by atoms with van der Waals surface area (Å²) in [7, 11) is 0. The highest BCUT2D eigenvalue weighted by atomic mass is 127. The zero-order valence-electron chi connectivity index (χ0n) is 11.8. The van der Waals surface area contributed by atoms with Gasteiger partial charge in [0.05, 0.1) is 0 Å². The van der Waals surface area contributed by atoms with Crippen LogP contribution in [0.25, 0.3) is 33.4 Å². The zero-order chi connectivity index (χ0) is 14.9. The van der Waals surface area contributed by atoms with Crippen LogP contribution in [-0.2, 0) is 0 Å². The normalized spacial score (nSPS) is 11.0. The van der Waals surface area contributed by atoms with E-state index in [1.807, 2.05) is 18.2 Å². The van der Waals surface area contributed by atoms with Gasteiger partial charge in [-0.05, 0) is 33.4 Å². The lowest BCUT2D eigenvalue weighted by molar-refractivity contribution is 1.30. The van der Waals surface area contributed by atoms with Crippen LogP contribution in [0.1, 0.15) is 0 Å². The Labute approximate surface area is 142 Å². The number of nitrogens with one attached hydrogen (secondary N) is 1. The van der Waals surface area contributed by atoms with E-state index < -0.39 is 0 Å². The van der Waals surface area contributed by atoms with Crippen LogP contribution >= 0.6 is 22.6 Å². The van der Waals surface area contributed by atoms with Gasteiger partial charge in [-0.25, -0.2) is 4.98 Å². The van der Waals surface area contributed by atoms with Crippen molar-refractivity contribution in [1.82, 2.24) is 9.97 Å². The Balaban J connectivity index is 1.91. The van der Waals surface area contributed by atoms with E-state index in [0.717, 1.165) is 20.8 Å². The molecule has 0 spiro atoms. The van der Waals surface area contributed by atoms with E-state index in [4.69, 9.17) is 4.98 Å². The highest BCUT2D eigenvalue weighted by molar-refractivity contribution is 14.1. The number of halogens is 1. The first-order chi connectivity index (χ1) is 10.8. The van der Waals surface area contributed by atoms with Crippen molar-refractivity contribution in [3.63, 3.8) is 0 Å². The van der Waals surface area contributed by atoms with Crippen LogP contribution in [-0.4, -0.2) is 9.97 Å². The predicted octanol–water partition coefficient (Wildman–Crippen LogP) is 5.50. The molecule has 3 heteroatoms. The first-order valence-corrected chi connectivity index (χ1v) is 8.20. The molecule has 2 nitrogen and oxygen atoms in total. The summed E-state index contributed by atoms with van der Waals surface area (Å²) in [5, 5.41) is 2.47. The Morgan fingerprint density at radius 1 is 0.773 bits per heavy atom. The fraction of sp³-hybridized carbons (Fsp3) is 0. The summed E-state index contributed by atoms with van der Waals surface area (Å²) in [5.74, 6) is 0.910. The molecule has 0 fully saturated rings. The van der Waals surface area contributed by atoms with E-state index >= 15 is 0 Å².